The van der Waals surface area contributed by atoms with Crippen molar-refractivity contribution in [1.82, 2.24) is 0 Å². The molecule has 0 unspecified atom stereocenters. The fourth-order valence-corrected chi connectivity index (χ4v) is 3.32. The van der Waals surface area contributed by atoms with Crippen LogP contribution in [0.2, 0.25) is 0 Å². The molecular weight excluding hydrogens is 132 g/mol. The quantitative estimate of drug-likeness (QED) is 0.568. The minimum atomic E-state index is 0.932. The molecule has 0 amide bonds. The van der Waals surface area contributed by atoms with Crippen molar-refractivity contribution in [2.75, 3.05) is 0 Å². The highest BCUT2D eigenvalue weighted by Crippen LogP contribution is 2.51. The monoisotopic (exact) mass is 152 g/mol. The van der Waals surface area contributed by atoms with Gasteiger partial charge in [-0.25, -0.2) is 0 Å². The summed E-state index contributed by atoms with van der Waals surface area (Å²) in [5.41, 5.74) is 0. The van der Waals surface area contributed by atoms with E-state index in [9.17, 15) is 0 Å². The molecule has 2 fully saturated rings. The second-order valence-corrected chi connectivity index (χ2v) is 4.97. The Labute approximate surface area is 70.4 Å². The molecule has 0 spiro atoms. The summed E-state index contributed by atoms with van der Waals surface area (Å²) < 4.78 is 0. The maximum Gasteiger partial charge on any atom is -0.0355 e. The summed E-state index contributed by atoms with van der Waals surface area (Å²) in [6.45, 7) is 4.75. The Bertz CT molecular complexity index is 117. The van der Waals surface area contributed by atoms with E-state index in [1.165, 1.54) is 6.42 Å². The zero-order chi connectivity index (χ0) is 7.84. The van der Waals surface area contributed by atoms with Crippen molar-refractivity contribution < 1.29 is 0 Å². The molecule has 0 aromatic heterocycles. The standard InChI is InChI=1S/C11H20/c1-8(2)7-11-9-3-4-10(11)6-5-9/h8-11H,3-7H2,1-2H3. The molecule has 2 rings (SSSR count). The van der Waals surface area contributed by atoms with Crippen LogP contribution in [-0.2, 0) is 0 Å². The van der Waals surface area contributed by atoms with Crippen LogP contribution in [0.15, 0.2) is 0 Å². The van der Waals surface area contributed by atoms with E-state index in [-0.39, 0.29) is 0 Å². The van der Waals surface area contributed by atoms with Crippen molar-refractivity contribution in [2.24, 2.45) is 23.7 Å². The molecule has 0 nitrogen and oxygen atoms in total. The van der Waals surface area contributed by atoms with Crippen LogP contribution in [0.25, 0.3) is 0 Å². The van der Waals surface area contributed by atoms with E-state index in [0.29, 0.717) is 0 Å². The summed E-state index contributed by atoms with van der Waals surface area (Å²) in [4.78, 5) is 0. The lowest BCUT2D eigenvalue weighted by Gasteiger charge is -2.17. The molecule has 0 heterocycles. The van der Waals surface area contributed by atoms with Gasteiger partial charge < -0.3 is 0 Å². The van der Waals surface area contributed by atoms with Crippen LogP contribution in [0.1, 0.15) is 46.0 Å². The molecular formula is C11H20. The molecule has 2 saturated carbocycles. The van der Waals surface area contributed by atoms with Crippen LogP contribution in [0, 0.1) is 23.7 Å². The number of hydrogen-bond acceptors (Lipinski definition) is 0. The highest BCUT2D eigenvalue weighted by molar-refractivity contribution is 4.91. The predicted octanol–water partition coefficient (Wildman–Crippen LogP) is 3.47. The summed E-state index contributed by atoms with van der Waals surface area (Å²) in [5, 5.41) is 0. The van der Waals surface area contributed by atoms with Crippen LogP contribution in [0.5, 0.6) is 0 Å². The normalized spacial score (nSPS) is 42.3. The average Bonchev–Trinajstić information content (AvgIpc) is 2.48. The SMILES string of the molecule is CC(C)CC1C2CCC1CC2. The van der Waals surface area contributed by atoms with E-state index in [0.717, 1.165) is 23.7 Å². The van der Waals surface area contributed by atoms with Crippen molar-refractivity contribution in [1.29, 1.82) is 0 Å². The number of fused-ring (bicyclic) bond motifs is 2. The zero-order valence-electron chi connectivity index (χ0n) is 7.84. The van der Waals surface area contributed by atoms with E-state index < -0.39 is 0 Å². The third-order valence-electron chi connectivity index (χ3n) is 3.77. The van der Waals surface area contributed by atoms with Crippen LogP contribution in [-0.4, -0.2) is 0 Å². The summed E-state index contributed by atoms with van der Waals surface area (Å²) >= 11 is 0. The molecule has 0 aliphatic heterocycles. The third-order valence-corrected chi connectivity index (χ3v) is 3.77. The molecule has 0 N–H and O–H groups in total. The minimum Gasteiger partial charge on any atom is -0.0628 e. The highest BCUT2D eigenvalue weighted by atomic mass is 14.5. The maximum atomic E-state index is 2.37. The first-order chi connectivity index (χ1) is 5.27. The van der Waals surface area contributed by atoms with E-state index in [1.807, 2.05) is 0 Å². The Balaban J connectivity index is 1.94. The molecule has 2 aliphatic rings. The molecule has 0 aromatic rings. The third kappa shape index (κ3) is 1.32. The van der Waals surface area contributed by atoms with E-state index >= 15 is 0 Å². The van der Waals surface area contributed by atoms with Gasteiger partial charge in [-0.15, -0.1) is 0 Å². The Hall–Kier alpha value is 0. The Morgan fingerprint density at radius 3 is 1.82 bits per heavy atom. The lowest BCUT2D eigenvalue weighted by molar-refractivity contribution is 0.329. The van der Waals surface area contributed by atoms with Gasteiger partial charge in [0.25, 0.3) is 0 Å². The number of hydrogen-bond donors (Lipinski definition) is 0. The molecule has 11 heavy (non-hydrogen) atoms. The van der Waals surface area contributed by atoms with Gasteiger partial charge >= 0.3 is 0 Å². The van der Waals surface area contributed by atoms with Crippen LogP contribution < -0.4 is 0 Å². The molecule has 2 bridgehead atoms. The van der Waals surface area contributed by atoms with E-state index in [1.54, 1.807) is 25.7 Å². The molecule has 0 saturated heterocycles. The highest BCUT2D eigenvalue weighted by Gasteiger charge is 2.41. The average molecular weight is 152 g/mol. The summed E-state index contributed by atoms with van der Waals surface area (Å²) in [7, 11) is 0. The molecule has 0 atom stereocenters. The second kappa shape index (κ2) is 2.80. The van der Waals surface area contributed by atoms with Gasteiger partial charge in [-0.05, 0) is 55.8 Å². The van der Waals surface area contributed by atoms with Gasteiger partial charge in [-0.1, -0.05) is 13.8 Å². The van der Waals surface area contributed by atoms with Gasteiger partial charge in [0.15, 0.2) is 0 Å². The van der Waals surface area contributed by atoms with Crippen molar-refractivity contribution in [3.63, 3.8) is 0 Å². The first kappa shape index (κ1) is 7.64. The molecule has 64 valence electrons. The van der Waals surface area contributed by atoms with E-state index in [2.05, 4.69) is 13.8 Å². The first-order valence-corrected chi connectivity index (χ1v) is 5.27. The van der Waals surface area contributed by atoms with Crippen LogP contribution >= 0.6 is 0 Å². The lowest BCUT2D eigenvalue weighted by Crippen LogP contribution is -2.08. The fraction of sp³-hybridized carbons (Fsp3) is 1.00. The van der Waals surface area contributed by atoms with Crippen molar-refractivity contribution >= 4 is 0 Å². The van der Waals surface area contributed by atoms with Gasteiger partial charge in [-0.2, -0.15) is 0 Å². The fourth-order valence-electron chi connectivity index (χ4n) is 3.32. The Morgan fingerprint density at radius 1 is 1.00 bits per heavy atom. The van der Waals surface area contributed by atoms with Crippen LogP contribution in [0.3, 0.4) is 0 Å². The first-order valence-electron chi connectivity index (χ1n) is 5.27. The number of rotatable bonds is 2. The van der Waals surface area contributed by atoms with Gasteiger partial charge in [0, 0.05) is 0 Å². The van der Waals surface area contributed by atoms with Crippen molar-refractivity contribution in [3.05, 3.63) is 0 Å². The summed E-state index contributed by atoms with van der Waals surface area (Å²) in [6, 6.07) is 0. The predicted molar refractivity (Wildman–Crippen MR) is 48.4 cm³/mol. The minimum absolute atomic E-state index is 0.932. The molecule has 0 aromatic carbocycles. The van der Waals surface area contributed by atoms with Gasteiger partial charge in [0.2, 0.25) is 0 Å². The molecule has 0 heteroatoms. The summed E-state index contributed by atoms with van der Waals surface area (Å²) in [6.07, 6.45) is 7.74. The largest absolute Gasteiger partial charge is 0.0628 e. The lowest BCUT2D eigenvalue weighted by atomic mass is 9.89. The maximum absolute atomic E-state index is 2.37. The zero-order valence-corrected chi connectivity index (χ0v) is 7.84. The Morgan fingerprint density at radius 2 is 1.45 bits per heavy atom. The Kier molecular flexibility index (Phi) is 1.95. The van der Waals surface area contributed by atoms with Crippen molar-refractivity contribution in [2.45, 2.75) is 46.0 Å². The van der Waals surface area contributed by atoms with Gasteiger partial charge in [-0.3, -0.25) is 0 Å². The topological polar surface area (TPSA) is 0 Å². The van der Waals surface area contributed by atoms with Crippen molar-refractivity contribution in [3.8, 4) is 0 Å². The molecule has 0 radical (unpaired) electrons. The summed E-state index contributed by atoms with van der Waals surface area (Å²) in [5.74, 6) is 4.35. The van der Waals surface area contributed by atoms with E-state index in [4.69, 9.17) is 0 Å². The van der Waals surface area contributed by atoms with Gasteiger partial charge in [0.1, 0.15) is 0 Å². The van der Waals surface area contributed by atoms with Gasteiger partial charge in [0.05, 0.1) is 0 Å². The smallest absolute Gasteiger partial charge is 0.0355 e. The second-order valence-electron chi connectivity index (χ2n) is 4.97. The van der Waals surface area contributed by atoms with Crippen LogP contribution in [0.4, 0.5) is 0 Å². The molecule has 2 aliphatic carbocycles.